The highest BCUT2D eigenvalue weighted by molar-refractivity contribution is 6.36. The third-order valence-electron chi connectivity index (χ3n) is 5.27. The molecular formula is C20H9N3O6. The molecule has 0 unspecified atom stereocenters. The summed E-state index contributed by atoms with van der Waals surface area (Å²) >= 11 is 0. The fourth-order valence-corrected chi connectivity index (χ4v) is 4.29. The van der Waals surface area contributed by atoms with Gasteiger partial charge in [-0.1, -0.05) is 48.5 Å². The van der Waals surface area contributed by atoms with Crippen molar-refractivity contribution < 1.29 is 14.8 Å². The zero-order valence-corrected chi connectivity index (χ0v) is 14.5. The minimum Gasteiger partial charge on any atom is -0.258 e. The van der Waals surface area contributed by atoms with Crippen LogP contribution in [0.15, 0.2) is 54.6 Å². The highest BCUT2D eigenvalue weighted by Gasteiger charge is 2.42. The van der Waals surface area contributed by atoms with Crippen molar-refractivity contribution in [3.05, 3.63) is 84.9 Å². The van der Waals surface area contributed by atoms with Crippen LogP contribution in [0.4, 0.5) is 17.1 Å². The van der Waals surface area contributed by atoms with E-state index in [1.54, 1.807) is 24.3 Å². The van der Waals surface area contributed by atoms with Gasteiger partial charge in [0, 0.05) is 5.39 Å². The van der Waals surface area contributed by atoms with E-state index in [1.807, 2.05) is 24.3 Å². The molecule has 9 heteroatoms. The maximum absolute atomic E-state index is 12.0. The molecule has 0 aliphatic rings. The predicted octanol–water partition coefficient (Wildman–Crippen LogP) is 5.46. The first kappa shape index (κ1) is 16.8. The second-order valence-corrected chi connectivity index (χ2v) is 6.63. The van der Waals surface area contributed by atoms with Gasteiger partial charge in [0.2, 0.25) is 0 Å². The smallest absolute Gasteiger partial charge is 0.258 e. The van der Waals surface area contributed by atoms with E-state index < -0.39 is 31.8 Å². The number of nitrogens with zero attached hydrogens (tertiary/aromatic N) is 3. The zero-order valence-electron chi connectivity index (χ0n) is 14.5. The summed E-state index contributed by atoms with van der Waals surface area (Å²) in [6, 6.07) is 15.4. The van der Waals surface area contributed by atoms with E-state index in [9.17, 15) is 30.3 Å². The van der Waals surface area contributed by atoms with E-state index in [1.165, 1.54) is 6.07 Å². The molecule has 0 aromatic heterocycles. The van der Waals surface area contributed by atoms with Crippen molar-refractivity contribution in [3.8, 4) is 0 Å². The van der Waals surface area contributed by atoms with Gasteiger partial charge in [0.1, 0.15) is 0 Å². The Balaban J connectivity index is 2.29. The van der Waals surface area contributed by atoms with Gasteiger partial charge >= 0.3 is 17.1 Å². The molecule has 0 bridgehead atoms. The van der Waals surface area contributed by atoms with Crippen LogP contribution >= 0.6 is 0 Å². The Morgan fingerprint density at radius 2 is 0.966 bits per heavy atom. The van der Waals surface area contributed by atoms with Gasteiger partial charge in [-0.25, -0.2) is 0 Å². The average molecular weight is 387 g/mol. The molecule has 9 nitrogen and oxygen atoms in total. The molecule has 0 spiro atoms. The lowest BCUT2D eigenvalue weighted by Crippen LogP contribution is -2.04. The van der Waals surface area contributed by atoms with Gasteiger partial charge in [-0.15, -0.1) is 0 Å². The fourth-order valence-electron chi connectivity index (χ4n) is 4.29. The number of fused-ring (bicyclic) bond motifs is 2. The molecule has 5 rings (SSSR count). The van der Waals surface area contributed by atoms with Crippen LogP contribution in [0, 0.1) is 30.3 Å². The summed E-state index contributed by atoms with van der Waals surface area (Å²) in [4.78, 5) is 32.6. The molecule has 0 aliphatic carbocycles. The Morgan fingerprint density at radius 1 is 0.483 bits per heavy atom. The van der Waals surface area contributed by atoms with E-state index in [2.05, 4.69) is 0 Å². The lowest BCUT2D eigenvalue weighted by molar-refractivity contribution is -0.439. The van der Waals surface area contributed by atoms with Gasteiger partial charge in [0.15, 0.2) is 0 Å². The van der Waals surface area contributed by atoms with Crippen LogP contribution in [-0.2, 0) is 0 Å². The number of benzene rings is 5. The molecule has 5 aromatic rings. The number of rotatable bonds is 3. The zero-order chi connectivity index (χ0) is 20.4. The third kappa shape index (κ3) is 2.03. The molecule has 0 heterocycles. The summed E-state index contributed by atoms with van der Waals surface area (Å²) < 4.78 is 0. The van der Waals surface area contributed by atoms with E-state index in [0.29, 0.717) is 10.8 Å². The normalized spacial score (nSPS) is 11.6. The van der Waals surface area contributed by atoms with Crippen LogP contribution in [-0.4, -0.2) is 14.8 Å². The molecule has 0 aliphatic heterocycles. The summed E-state index contributed by atoms with van der Waals surface area (Å²) in [5.41, 5.74) is -2.83. The molecule has 0 radical (unpaired) electrons. The first-order chi connectivity index (χ1) is 13.9. The highest BCUT2D eigenvalue weighted by atomic mass is 16.6. The van der Waals surface area contributed by atoms with Gasteiger partial charge < -0.3 is 0 Å². The lowest BCUT2D eigenvalue weighted by atomic mass is 9.88. The van der Waals surface area contributed by atoms with E-state index >= 15 is 0 Å². The third-order valence-corrected chi connectivity index (χ3v) is 5.27. The number of nitro benzene ring substituents is 3. The topological polar surface area (TPSA) is 129 Å². The van der Waals surface area contributed by atoms with Gasteiger partial charge in [0.25, 0.3) is 0 Å². The van der Waals surface area contributed by atoms with Gasteiger partial charge in [-0.05, 0) is 33.0 Å². The van der Waals surface area contributed by atoms with Crippen LogP contribution < -0.4 is 0 Å². The summed E-state index contributed by atoms with van der Waals surface area (Å²) in [6.45, 7) is 0. The Kier molecular flexibility index (Phi) is 3.21. The molecule has 0 N–H and O–H groups in total. The molecular weight excluding hydrogens is 378 g/mol. The lowest BCUT2D eigenvalue weighted by Gasteiger charge is -2.14. The van der Waals surface area contributed by atoms with Crippen molar-refractivity contribution in [3.63, 3.8) is 0 Å². The van der Waals surface area contributed by atoms with Crippen molar-refractivity contribution >= 4 is 60.2 Å². The molecule has 29 heavy (non-hydrogen) atoms. The van der Waals surface area contributed by atoms with Gasteiger partial charge in [-0.2, -0.15) is 0 Å². The van der Waals surface area contributed by atoms with Crippen LogP contribution in [0.25, 0.3) is 43.1 Å². The fraction of sp³-hybridized carbons (Fsp3) is 0. The molecule has 0 fully saturated rings. The minimum absolute atomic E-state index is 0.00584. The standard InChI is InChI=1S/C20H9N3O6/c24-21(25)18-14-9-3-7-12-11-6-1-4-10-5-2-8-13(15(10)11)17(16(12)14)19(22(26)27)20(18)23(28)29/h1-9H. The van der Waals surface area contributed by atoms with Crippen molar-refractivity contribution in [2.75, 3.05) is 0 Å². The van der Waals surface area contributed by atoms with Crippen molar-refractivity contribution in [1.82, 2.24) is 0 Å². The summed E-state index contributed by atoms with van der Waals surface area (Å²) in [7, 11) is 0. The van der Waals surface area contributed by atoms with Crippen molar-refractivity contribution in [1.29, 1.82) is 0 Å². The number of hydrogen-bond donors (Lipinski definition) is 0. The molecule has 140 valence electrons. The summed E-state index contributed by atoms with van der Waals surface area (Å²) in [5.74, 6) is 0. The van der Waals surface area contributed by atoms with E-state index in [0.717, 1.165) is 16.2 Å². The molecule has 0 saturated carbocycles. The van der Waals surface area contributed by atoms with Gasteiger partial charge in [-0.3, -0.25) is 30.3 Å². The molecule has 5 aromatic carbocycles. The first-order valence-electron chi connectivity index (χ1n) is 8.50. The Morgan fingerprint density at radius 3 is 1.55 bits per heavy atom. The molecule has 0 saturated heterocycles. The summed E-state index contributed by atoms with van der Waals surface area (Å²) in [5, 5.41) is 39.1. The van der Waals surface area contributed by atoms with Crippen molar-refractivity contribution in [2.45, 2.75) is 0 Å². The molecule has 0 atom stereocenters. The molecule has 0 amide bonds. The van der Waals surface area contributed by atoms with E-state index in [4.69, 9.17) is 0 Å². The number of nitro groups is 3. The van der Waals surface area contributed by atoms with Crippen LogP contribution in [0.3, 0.4) is 0 Å². The largest absolute Gasteiger partial charge is 0.423 e. The van der Waals surface area contributed by atoms with Crippen LogP contribution in [0.1, 0.15) is 0 Å². The maximum atomic E-state index is 12.0. The Labute approximate surface area is 160 Å². The predicted molar refractivity (Wildman–Crippen MR) is 108 cm³/mol. The van der Waals surface area contributed by atoms with E-state index in [-0.39, 0.29) is 16.2 Å². The second-order valence-electron chi connectivity index (χ2n) is 6.63. The van der Waals surface area contributed by atoms with Gasteiger partial charge in [0.05, 0.1) is 25.5 Å². The second kappa shape index (κ2) is 5.55. The quantitative estimate of drug-likeness (QED) is 0.175. The SMILES string of the molecule is O=[N+]([O-])c1c([N+](=O)[O-])c2cccc3c4cccc5cccc(c(c1[N+](=O)[O-])c23)c54. The summed E-state index contributed by atoms with van der Waals surface area (Å²) in [6.07, 6.45) is 0. The Hall–Kier alpha value is -4.40. The first-order valence-corrected chi connectivity index (χ1v) is 8.50. The van der Waals surface area contributed by atoms with Crippen molar-refractivity contribution in [2.24, 2.45) is 0 Å². The number of hydrogen-bond acceptors (Lipinski definition) is 6. The highest BCUT2D eigenvalue weighted by Crippen LogP contribution is 2.51. The monoisotopic (exact) mass is 387 g/mol. The maximum Gasteiger partial charge on any atom is 0.423 e. The Bertz CT molecular complexity index is 1540. The average Bonchev–Trinajstić information content (AvgIpc) is 2.69. The van der Waals surface area contributed by atoms with Crippen LogP contribution in [0.5, 0.6) is 0 Å². The minimum atomic E-state index is -1.10. The van der Waals surface area contributed by atoms with Crippen LogP contribution in [0.2, 0.25) is 0 Å².